The first kappa shape index (κ1) is 13.6. The molecule has 1 rings (SSSR count). The summed E-state index contributed by atoms with van der Waals surface area (Å²) in [5, 5.41) is 0. The maximum absolute atomic E-state index is 11.9. The number of ether oxygens (including phenoxy) is 1. The number of aromatic nitrogens is 1. The monoisotopic (exact) mass is 238 g/mol. The van der Waals surface area contributed by atoms with Crippen molar-refractivity contribution >= 4 is 5.97 Å². The van der Waals surface area contributed by atoms with E-state index in [1.807, 2.05) is 19.9 Å². The highest BCUT2D eigenvalue weighted by molar-refractivity contribution is 5.91. The smallest absolute Gasteiger partial charge is 0.340 e. The maximum atomic E-state index is 11.9. The number of nitrogen functional groups attached to an aromatic ring is 1. The number of nitrogens with two attached hydrogens (primary N) is 1. The SMILES string of the molecule is CCOC(=O)c1cc(C(C)C)n(N)c1C(C)C. The molecule has 4 heteroatoms. The topological polar surface area (TPSA) is 57.2 Å². The first-order valence-corrected chi connectivity index (χ1v) is 6.07. The molecule has 0 unspecified atom stereocenters. The van der Waals surface area contributed by atoms with E-state index in [1.165, 1.54) is 0 Å². The van der Waals surface area contributed by atoms with Crippen molar-refractivity contribution in [3.05, 3.63) is 23.0 Å². The van der Waals surface area contributed by atoms with E-state index >= 15 is 0 Å². The predicted molar refractivity (Wildman–Crippen MR) is 68.7 cm³/mol. The third-order valence-electron chi connectivity index (χ3n) is 2.74. The standard InChI is InChI=1S/C13H22N2O2/c1-6-17-13(16)10-7-11(8(2)3)15(14)12(10)9(4)5/h7-9H,6,14H2,1-5H3. The largest absolute Gasteiger partial charge is 0.462 e. The summed E-state index contributed by atoms with van der Waals surface area (Å²) in [5.74, 6) is 6.22. The minimum atomic E-state index is -0.290. The van der Waals surface area contributed by atoms with Crippen LogP contribution in [0.3, 0.4) is 0 Å². The fourth-order valence-corrected chi connectivity index (χ4v) is 1.97. The Morgan fingerprint density at radius 3 is 2.35 bits per heavy atom. The van der Waals surface area contributed by atoms with Gasteiger partial charge in [-0.3, -0.25) is 4.68 Å². The van der Waals surface area contributed by atoms with Crippen LogP contribution in [-0.4, -0.2) is 17.3 Å². The molecule has 1 heterocycles. The molecule has 0 saturated carbocycles. The van der Waals surface area contributed by atoms with Gasteiger partial charge in [0, 0.05) is 5.69 Å². The lowest BCUT2D eigenvalue weighted by Crippen LogP contribution is -2.19. The third kappa shape index (κ3) is 2.62. The van der Waals surface area contributed by atoms with Crippen molar-refractivity contribution in [3.63, 3.8) is 0 Å². The second-order valence-electron chi connectivity index (χ2n) is 4.77. The molecule has 0 aliphatic heterocycles. The van der Waals surface area contributed by atoms with Gasteiger partial charge in [0.2, 0.25) is 0 Å². The molecule has 2 N–H and O–H groups in total. The summed E-state index contributed by atoms with van der Waals surface area (Å²) in [6.07, 6.45) is 0. The van der Waals surface area contributed by atoms with Crippen LogP contribution in [0.1, 0.15) is 68.2 Å². The predicted octanol–water partition coefficient (Wildman–Crippen LogP) is 2.63. The number of carbonyl (C=O) groups is 1. The van der Waals surface area contributed by atoms with Gasteiger partial charge in [-0.1, -0.05) is 27.7 Å². The highest BCUT2D eigenvalue weighted by Gasteiger charge is 2.23. The highest BCUT2D eigenvalue weighted by Crippen LogP contribution is 2.26. The lowest BCUT2D eigenvalue weighted by molar-refractivity contribution is 0.0524. The Morgan fingerprint density at radius 1 is 1.35 bits per heavy atom. The minimum Gasteiger partial charge on any atom is -0.462 e. The highest BCUT2D eigenvalue weighted by atomic mass is 16.5. The van der Waals surface area contributed by atoms with E-state index < -0.39 is 0 Å². The number of carbonyl (C=O) groups excluding carboxylic acids is 1. The summed E-state index contributed by atoms with van der Waals surface area (Å²) >= 11 is 0. The van der Waals surface area contributed by atoms with Gasteiger partial charge in [0.15, 0.2) is 0 Å². The lowest BCUT2D eigenvalue weighted by Gasteiger charge is -2.13. The van der Waals surface area contributed by atoms with Crippen molar-refractivity contribution in [1.82, 2.24) is 4.68 Å². The molecule has 17 heavy (non-hydrogen) atoms. The zero-order chi connectivity index (χ0) is 13.2. The molecule has 0 saturated heterocycles. The number of rotatable bonds is 4. The second kappa shape index (κ2) is 5.25. The molecule has 0 radical (unpaired) electrons. The van der Waals surface area contributed by atoms with Gasteiger partial charge in [0.25, 0.3) is 0 Å². The van der Waals surface area contributed by atoms with Gasteiger partial charge in [-0.05, 0) is 24.8 Å². The van der Waals surface area contributed by atoms with Crippen LogP contribution >= 0.6 is 0 Å². The molecule has 4 nitrogen and oxygen atoms in total. The zero-order valence-corrected chi connectivity index (χ0v) is 11.3. The van der Waals surface area contributed by atoms with Gasteiger partial charge in [0.05, 0.1) is 17.9 Å². The Hall–Kier alpha value is -1.45. The fourth-order valence-electron chi connectivity index (χ4n) is 1.97. The molecule has 0 atom stereocenters. The van der Waals surface area contributed by atoms with Crippen molar-refractivity contribution < 1.29 is 9.53 Å². The molecule has 1 aromatic rings. The Morgan fingerprint density at radius 2 is 1.94 bits per heavy atom. The number of hydrogen-bond donors (Lipinski definition) is 1. The molecular weight excluding hydrogens is 216 g/mol. The van der Waals surface area contributed by atoms with Crippen LogP contribution < -0.4 is 5.84 Å². The van der Waals surface area contributed by atoms with Gasteiger partial charge in [0.1, 0.15) is 0 Å². The molecule has 0 amide bonds. The summed E-state index contributed by atoms with van der Waals surface area (Å²) in [7, 11) is 0. The van der Waals surface area contributed by atoms with Crippen LogP contribution in [0, 0.1) is 0 Å². The Labute approximate surface area is 103 Å². The van der Waals surface area contributed by atoms with Crippen LogP contribution in [0.25, 0.3) is 0 Å². The van der Waals surface area contributed by atoms with E-state index in [1.54, 1.807) is 11.6 Å². The lowest BCUT2D eigenvalue weighted by atomic mass is 10.1. The summed E-state index contributed by atoms with van der Waals surface area (Å²) in [4.78, 5) is 11.9. The summed E-state index contributed by atoms with van der Waals surface area (Å²) in [6, 6.07) is 1.85. The molecule has 0 aliphatic rings. The normalized spacial score (nSPS) is 11.2. The zero-order valence-electron chi connectivity index (χ0n) is 11.3. The van der Waals surface area contributed by atoms with E-state index in [4.69, 9.17) is 10.6 Å². The minimum absolute atomic E-state index is 0.187. The summed E-state index contributed by atoms with van der Waals surface area (Å²) in [5.41, 5.74) is 2.39. The molecular formula is C13H22N2O2. The number of hydrogen-bond acceptors (Lipinski definition) is 3. The Kier molecular flexibility index (Phi) is 4.21. The van der Waals surface area contributed by atoms with Crippen molar-refractivity contribution in [1.29, 1.82) is 0 Å². The Bertz CT molecular complexity index is 406. The first-order chi connectivity index (χ1) is 7.90. The summed E-state index contributed by atoms with van der Waals surface area (Å²) in [6.45, 7) is 10.3. The average molecular weight is 238 g/mol. The summed E-state index contributed by atoms with van der Waals surface area (Å²) < 4.78 is 6.69. The van der Waals surface area contributed by atoms with Gasteiger partial charge < -0.3 is 10.6 Å². The van der Waals surface area contributed by atoms with E-state index in [2.05, 4.69) is 13.8 Å². The van der Waals surface area contributed by atoms with Crippen LogP contribution in [-0.2, 0) is 4.74 Å². The fraction of sp³-hybridized carbons (Fsp3) is 0.615. The molecule has 0 aromatic carbocycles. The van der Waals surface area contributed by atoms with Gasteiger partial charge in [-0.2, -0.15) is 0 Å². The van der Waals surface area contributed by atoms with E-state index in [0.29, 0.717) is 12.2 Å². The van der Waals surface area contributed by atoms with Crippen LogP contribution in [0.5, 0.6) is 0 Å². The maximum Gasteiger partial charge on any atom is 0.340 e. The van der Waals surface area contributed by atoms with Gasteiger partial charge >= 0.3 is 5.97 Å². The quantitative estimate of drug-likeness (QED) is 0.648. The molecule has 0 aliphatic carbocycles. The van der Waals surface area contributed by atoms with E-state index in [9.17, 15) is 4.79 Å². The van der Waals surface area contributed by atoms with Crippen molar-refractivity contribution in [2.45, 2.75) is 46.5 Å². The first-order valence-electron chi connectivity index (χ1n) is 6.07. The number of esters is 1. The van der Waals surface area contributed by atoms with Crippen LogP contribution in [0.2, 0.25) is 0 Å². The molecule has 0 fully saturated rings. The number of nitrogens with zero attached hydrogens (tertiary/aromatic N) is 1. The third-order valence-corrected chi connectivity index (χ3v) is 2.74. The average Bonchev–Trinajstić information content (AvgIpc) is 2.56. The molecule has 96 valence electrons. The van der Waals surface area contributed by atoms with Crippen molar-refractivity contribution in [2.75, 3.05) is 12.4 Å². The van der Waals surface area contributed by atoms with E-state index in [0.717, 1.165) is 11.4 Å². The van der Waals surface area contributed by atoms with Crippen LogP contribution in [0.15, 0.2) is 6.07 Å². The van der Waals surface area contributed by atoms with E-state index in [-0.39, 0.29) is 17.8 Å². The molecule has 1 aromatic heterocycles. The second-order valence-corrected chi connectivity index (χ2v) is 4.77. The molecule has 0 bridgehead atoms. The molecule has 0 spiro atoms. The van der Waals surface area contributed by atoms with Crippen molar-refractivity contribution in [3.8, 4) is 0 Å². The van der Waals surface area contributed by atoms with Crippen LogP contribution in [0.4, 0.5) is 0 Å². The van der Waals surface area contributed by atoms with Crippen molar-refractivity contribution in [2.24, 2.45) is 0 Å². The van der Waals surface area contributed by atoms with Gasteiger partial charge in [-0.25, -0.2) is 4.79 Å². The Balaban J connectivity index is 3.28. The van der Waals surface area contributed by atoms with Gasteiger partial charge in [-0.15, -0.1) is 0 Å².